The van der Waals surface area contributed by atoms with Crippen molar-refractivity contribution < 1.29 is 14.3 Å². The molecular formula is C19H26N2O3. The van der Waals surface area contributed by atoms with Crippen LogP contribution in [0.2, 0.25) is 0 Å². The summed E-state index contributed by atoms with van der Waals surface area (Å²) in [5.74, 6) is 0.640. The molecule has 2 heterocycles. The van der Waals surface area contributed by atoms with E-state index in [9.17, 15) is 9.59 Å². The number of benzene rings is 1. The molecule has 0 aliphatic carbocycles. The van der Waals surface area contributed by atoms with Gasteiger partial charge in [-0.05, 0) is 25.8 Å². The topological polar surface area (TPSA) is 58.6 Å². The molecule has 0 aromatic heterocycles. The van der Waals surface area contributed by atoms with Crippen molar-refractivity contribution in [1.29, 1.82) is 0 Å². The molecule has 1 saturated heterocycles. The molecule has 5 nitrogen and oxygen atoms in total. The largest absolute Gasteiger partial charge is 0.491 e. The maximum Gasteiger partial charge on any atom is 0.226 e. The predicted octanol–water partition coefficient (Wildman–Crippen LogP) is 2.58. The highest BCUT2D eigenvalue weighted by molar-refractivity contribution is 5.89. The van der Waals surface area contributed by atoms with E-state index < -0.39 is 0 Å². The van der Waals surface area contributed by atoms with Crippen molar-refractivity contribution in [2.24, 2.45) is 5.92 Å². The van der Waals surface area contributed by atoms with Crippen LogP contribution < -0.4 is 10.1 Å². The van der Waals surface area contributed by atoms with Gasteiger partial charge in [-0.1, -0.05) is 31.5 Å². The molecule has 2 atom stereocenters. The summed E-state index contributed by atoms with van der Waals surface area (Å²) in [5.41, 5.74) is 2.18. The summed E-state index contributed by atoms with van der Waals surface area (Å²) in [6, 6.07) is 6.14. The number of fused-ring (bicyclic) bond motifs is 1. The average molecular weight is 330 g/mol. The van der Waals surface area contributed by atoms with Gasteiger partial charge in [0, 0.05) is 24.6 Å². The van der Waals surface area contributed by atoms with Crippen LogP contribution in [-0.4, -0.2) is 35.9 Å². The van der Waals surface area contributed by atoms with Gasteiger partial charge in [0.1, 0.15) is 12.4 Å². The smallest absolute Gasteiger partial charge is 0.226 e. The van der Waals surface area contributed by atoms with Crippen molar-refractivity contribution in [2.75, 3.05) is 13.2 Å². The number of amides is 2. The maximum absolute atomic E-state index is 12.6. The van der Waals surface area contributed by atoms with E-state index in [1.165, 1.54) is 0 Å². The molecule has 24 heavy (non-hydrogen) atoms. The molecule has 2 aliphatic heterocycles. The molecular weight excluding hydrogens is 304 g/mol. The third kappa shape index (κ3) is 3.12. The van der Waals surface area contributed by atoms with Crippen LogP contribution in [0.25, 0.3) is 0 Å². The van der Waals surface area contributed by atoms with E-state index in [0.717, 1.165) is 29.7 Å². The summed E-state index contributed by atoms with van der Waals surface area (Å²) in [6.45, 7) is 7.20. The van der Waals surface area contributed by atoms with E-state index >= 15 is 0 Å². The number of hydrogen-bond acceptors (Lipinski definition) is 3. The lowest BCUT2D eigenvalue weighted by Gasteiger charge is -2.26. The Kier molecular flexibility index (Phi) is 4.78. The number of rotatable bonds is 5. The number of carbonyl (C=O) groups excluding carboxylic acids is 2. The van der Waals surface area contributed by atoms with Gasteiger partial charge in [-0.3, -0.25) is 9.59 Å². The van der Waals surface area contributed by atoms with Crippen LogP contribution in [0.1, 0.15) is 50.3 Å². The van der Waals surface area contributed by atoms with Crippen LogP contribution in [0.4, 0.5) is 0 Å². The standard InChI is InChI=1S/C19H26N2O3/c1-4-14(5-2)21-10-13(9-18(21)22)19(23)20-16-11-24-17-7-6-12(3)8-15(16)17/h6-8,13-14,16H,4-5,9-11H2,1-3H3,(H,20,23)/t13-,16-/m0/s1. The van der Waals surface area contributed by atoms with E-state index in [2.05, 4.69) is 25.2 Å². The van der Waals surface area contributed by atoms with Crippen LogP contribution in [0, 0.1) is 12.8 Å². The Morgan fingerprint density at radius 3 is 2.83 bits per heavy atom. The Labute approximate surface area is 143 Å². The minimum atomic E-state index is -0.257. The van der Waals surface area contributed by atoms with E-state index in [1.54, 1.807) is 0 Å². The highest BCUT2D eigenvalue weighted by Gasteiger charge is 2.38. The lowest BCUT2D eigenvalue weighted by Crippen LogP contribution is -2.38. The first-order valence-corrected chi connectivity index (χ1v) is 8.86. The lowest BCUT2D eigenvalue weighted by atomic mass is 10.0. The minimum Gasteiger partial charge on any atom is -0.491 e. The first-order valence-electron chi connectivity index (χ1n) is 8.86. The maximum atomic E-state index is 12.6. The molecule has 0 unspecified atom stereocenters. The van der Waals surface area contributed by atoms with Crippen molar-refractivity contribution in [3.63, 3.8) is 0 Å². The SMILES string of the molecule is CCC(CC)N1C[C@@H](C(=O)N[C@H]2COc3ccc(C)cc32)CC1=O. The van der Waals surface area contributed by atoms with Crippen LogP contribution in [0.5, 0.6) is 5.75 Å². The van der Waals surface area contributed by atoms with Gasteiger partial charge < -0.3 is 15.0 Å². The second-order valence-electron chi connectivity index (χ2n) is 6.83. The fraction of sp³-hybridized carbons (Fsp3) is 0.579. The van der Waals surface area contributed by atoms with Crippen molar-refractivity contribution in [3.8, 4) is 5.75 Å². The molecule has 0 bridgehead atoms. The monoisotopic (exact) mass is 330 g/mol. The summed E-state index contributed by atoms with van der Waals surface area (Å²) in [4.78, 5) is 26.8. The van der Waals surface area contributed by atoms with Gasteiger partial charge in [0.25, 0.3) is 0 Å². The van der Waals surface area contributed by atoms with Crippen molar-refractivity contribution in [3.05, 3.63) is 29.3 Å². The van der Waals surface area contributed by atoms with Gasteiger partial charge in [0.2, 0.25) is 11.8 Å². The van der Waals surface area contributed by atoms with E-state index in [-0.39, 0.29) is 29.8 Å². The molecule has 0 saturated carbocycles. The Balaban J connectivity index is 1.65. The summed E-state index contributed by atoms with van der Waals surface area (Å²) in [5, 5.41) is 3.08. The van der Waals surface area contributed by atoms with Crippen LogP contribution >= 0.6 is 0 Å². The Hall–Kier alpha value is -2.04. The third-order valence-corrected chi connectivity index (χ3v) is 5.18. The second-order valence-corrected chi connectivity index (χ2v) is 6.83. The van der Waals surface area contributed by atoms with Gasteiger partial charge in [-0.2, -0.15) is 0 Å². The quantitative estimate of drug-likeness (QED) is 0.903. The predicted molar refractivity (Wildman–Crippen MR) is 91.7 cm³/mol. The van der Waals surface area contributed by atoms with Gasteiger partial charge in [0.15, 0.2) is 0 Å². The molecule has 3 rings (SSSR count). The summed E-state index contributed by atoms with van der Waals surface area (Å²) < 4.78 is 5.65. The third-order valence-electron chi connectivity index (χ3n) is 5.18. The molecule has 5 heteroatoms. The van der Waals surface area contributed by atoms with Gasteiger partial charge in [-0.25, -0.2) is 0 Å². The summed E-state index contributed by atoms with van der Waals surface area (Å²) in [7, 11) is 0. The Morgan fingerprint density at radius 1 is 1.38 bits per heavy atom. The molecule has 130 valence electrons. The first-order chi connectivity index (χ1) is 11.5. The molecule has 0 radical (unpaired) electrons. The molecule has 1 aromatic rings. The highest BCUT2D eigenvalue weighted by atomic mass is 16.5. The lowest BCUT2D eigenvalue weighted by molar-refractivity contribution is -0.130. The number of likely N-dealkylation sites (tertiary alicyclic amines) is 1. The van der Waals surface area contributed by atoms with Crippen molar-refractivity contribution in [1.82, 2.24) is 10.2 Å². The molecule has 0 spiro atoms. The highest BCUT2D eigenvalue weighted by Crippen LogP contribution is 2.33. The van der Waals surface area contributed by atoms with Gasteiger partial charge in [-0.15, -0.1) is 0 Å². The molecule has 2 amide bonds. The van der Waals surface area contributed by atoms with Crippen LogP contribution in [0.15, 0.2) is 18.2 Å². The Morgan fingerprint density at radius 2 is 2.12 bits per heavy atom. The Bertz CT molecular complexity index is 639. The van der Waals surface area contributed by atoms with Gasteiger partial charge >= 0.3 is 0 Å². The normalized spacial score (nSPS) is 22.7. The minimum absolute atomic E-state index is 0.0419. The fourth-order valence-corrected chi connectivity index (χ4v) is 3.73. The first kappa shape index (κ1) is 16.8. The zero-order chi connectivity index (χ0) is 17.3. The molecule has 1 fully saturated rings. The van der Waals surface area contributed by atoms with E-state index in [4.69, 9.17) is 4.74 Å². The van der Waals surface area contributed by atoms with Crippen molar-refractivity contribution >= 4 is 11.8 Å². The molecule has 1 N–H and O–H groups in total. The second kappa shape index (κ2) is 6.83. The number of ether oxygens (including phenoxy) is 1. The van der Waals surface area contributed by atoms with Crippen LogP contribution in [0.3, 0.4) is 0 Å². The van der Waals surface area contributed by atoms with E-state index in [1.807, 2.05) is 24.0 Å². The van der Waals surface area contributed by atoms with E-state index in [0.29, 0.717) is 19.6 Å². The number of aryl methyl sites for hydroxylation is 1. The summed E-state index contributed by atoms with van der Waals surface area (Å²) in [6.07, 6.45) is 2.18. The fourth-order valence-electron chi connectivity index (χ4n) is 3.73. The average Bonchev–Trinajstić information content (AvgIpc) is 3.13. The summed E-state index contributed by atoms with van der Waals surface area (Å²) >= 11 is 0. The molecule has 1 aromatic carbocycles. The number of hydrogen-bond donors (Lipinski definition) is 1. The zero-order valence-corrected chi connectivity index (χ0v) is 14.7. The number of nitrogens with one attached hydrogen (secondary N) is 1. The van der Waals surface area contributed by atoms with Crippen LogP contribution in [-0.2, 0) is 9.59 Å². The number of carbonyl (C=O) groups is 2. The van der Waals surface area contributed by atoms with Crippen molar-refractivity contribution in [2.45, 2.75) is 52.1 Å². The zero-order valence-electron chi connectivity index (χ0n) is 14.7. The van der Waals surface area contributed by atoms with Gasteiger partial charge in [0.05, 0.1) is 12.0 Å². The molecule has 2 aliphatic rings. The number of nitrogens with zero attached hydrogens (tertiary/aromatic N) is 1.